The third-order valence-corrected chi connectivity index (χ3v) is 2.46. The van der Waals surface area contributed by atoms with Gasteiger partial charge in [-0.1, -0.05) is 0 Å². The zero-order valence-electron chi connectivity index (χ0n) is 7.76. The molecule has 0 amide bonds. The lowest BCUT2D eigenvalue weighted by Gasteiger charge is -2.12. The normalized spacial score (nSPS) is 13.1. The van der Waals surface area contributed by atoms with E-state index >= 15 is 0 Å². The maximum absolute atomic E-state index is 12.2. The van der Waals surface area contributed by atoms with Gasteiger partial charge in [0.15, 0.2) is 10.7 Å². The molecular formula is C8H4F6O2S. The summed E-state index contributed by atoms with van der Waals surface area (Å²) in [5.41, 5.74) is -3.30. The van der Waals surface area contributed by atoms with Crippen molar-refractivity contribution in [3.8, 4) is 0 Å². The first kappa shape index (κ1) is 13.8. The van der Waals surface area contributed by atoms with Crippen molar-refractivity contribution in [1.82, 2.24) is 0 Å². The highest BCUT2D eigenvalue weighted by atomic mass is 32.2. The van der Waals surface area contributed by atoms with Crippen molar-refractivity contribution in [3.05, 3.63) is 29.3 Å². The van der Waals surface area contributed by atoms with Crippen LogP contribution < -0.4 is 0 Å². The summed E-state index contributed by atoms with van der Waals surface area (Å²) >= 11 is 0. The van der Waals surface area contributed by atoms with E-state index in [4.69, 9.17) is 0 Å². The second-order valence-corrected chi connectivity index (χ2v) is 4.05. The van der Waals surface area contributed by atoms with Crippen molar-refractivity contribution in [2.75, 3.05) is 0 Å². The van der Waals surface area contributed by atoms with Crippen molar-refractivity contribution in [1.29, 1.82) is 0 Å². The molecule has 0 bridgehead atoms. The first-order valence-corrected chi connectivity index (χ1v) is 5.13. The summed E-state index contributed by atoms with van der Waals surface area (Å²) in [5, 5.41) is 0. The van der Waals surface area contributed by atoms with Crippen molar-refractivity contribution in [2.45, 2.75) is 17.2 Å². The average molecular weight is 278 g/mol. The van der Waals surface area contributed by atoms with Crippen molar-refractivity contribution < 1.29 is 34.8 Å². The molecule has 96 valence electrons. The Kier molecular flexibility index (Phi) is 3.42. The summed E-state index contributed by atoms with van der Waals surface area (Å²) in [6.07, 6.45) is -10.1. The van der Waals surface area contributed by atoms with E-state index in [9.17, 15) is 34.8 Å². The lowest BCUT2D eigenvalue weighted by Crippen LogP contribution is -2.11. The molecule has 0 aliphatic carbocycles. The van der Waals surface area contributed by atoms with E-state index in [0.717, 1.165) is 0 Å². The van der Waals surface area contributed by atoms with E-state index < -0.39 is 39.1 Å². The molecule has 0 radical (unpaired) electrons. The van der Waals surface area contributed by atoms with E-state index in [2.05, 4.69) is 0 Å². The molecule has 0 fully saturated rings. The molecule has 0 N–H and O–H groups in total. The fourth-order valence-electron chi connectivity index (χ4n) is 1.04. The monoisotopic (exact) mass is 278 g/mol. The molecule has 2 nitrogen and oxygen atoms in total. The predicted octanol–water partition coefficient (Wildman–Crippen LogP) is 2.69. The molecule has 1 aromatic carbocycles. The Morgan fingerprint density at radius 2 is 1.12 bits per heavy atom. The van der Waals surface area contributed by atoms with Gasteiger partial charge in [-0.05, 0) is 18.2 Å². The van der Waals surface area contributed by atoms with E-state index in [1.165, 1.54) is 0 Å². The highest BCUT2D eigenvalue weighted by Gasteiger charge is 2.37. The first-order chi connectivity index (χ1) is 7.51. The Morgan fingerprint density at radius 1 is 0.765 bits per heavy atom. The smallest absolute Gasteiger partial charge is 0.227 e. The molecule has 0 saturated heterocycles. The molecule has 0 aromatic heterocycles. The topological polar surface area (TPSA) is 34.1 Å². The summed E-state index contributed by atoms with van der Waals surface area (Å²) in [6.45, 7) is 0. The molecule has 0 aliphatic rings. The number of halogens is 6. The predicted molar refractivity (Wildman–Crippen MR) is 45.0 cm³/mol. The number of hydrogen-bond donors (Lipinski definition) is 1. The fraction of sp³-hybridized carbons (Fsp3) is 0.250. The summed E-state index contributed by atoms with van der Waals surface area (Å²) in [4.78, 5) is -1.03. The maximum Gasteiger partial charge on any atom is 0.416 e. The van der Waals surface area contributed by atoms with Crippen LogP contribution in [0, 0.1) is 0 Å². The molecule has 9 heteroatoms. The molecule has 0 spiro atoms. The molecular weight excluding hydrogens is 274 g/mol. The Labute approximate surface area is 92.8 Å². The van der Waals surface area contributed by atoms with E-state index in [1.54, 1.807) is 0 Å². The van der Waals surface area contributed by atoms with Gasteiger partial charge in [-0.2, -0.15) is 26.3 Å². The Morgan fingerprint density at radius 3 is 1.35 bits per heavy atom. The minimum Gasteiger partial charge on any atom is -0.227 e. The van der Waals surface area contributed by atoms with Crippen LogP contribution in [-0.4, -0.2) is 8.42 Å². The van der Waals surface area contributed by atoms with Gasteiger partial charge in [-0.25, -0.2) is 8.42 Å². The number of benzene rings is 1. The van der Waals surface area contributed by atoms with Crippen LogP contribution in [0.15, 0.2) is 23.1 Å². The van der Waals surface area contributed by atoms with Crippen LogP contribution in [-0.2, 0) is 23.1 Å². The van der Waals surface area contributed by atoms with E-state index in [1.807, 2.05) is 0 Å². The van der Waals surface area contributed by atoms with Gasteiger partial charge in [0.05, 0.1) is 16.0 Å². The van der Waals surface area contributed by atoms with E-state index in [0.29, 0.717) is 0 Å². The Balaban J connectivity index is 3.50. The minimum atomic E-state index is -5.04. The van der Waals surface area contributed by atoms with Gasteiger partial charge in [-0.3, -0.25) is 0 Å². The lowest BCUT2D eigenvalue weighted by atomic mass is 10.1. The van der Waals surface area contributed by atoms with Crippen LogP contribution in [0.25, 0.3) is 0 Å². The minimum absolute atomic E-state index is 0.137. The highest BCUT2D eigenvalue weighted by Crippen LogP contribution is 2.36. The zero-order valence-corrected chi connectivity index (χ0v) is 8.66. The van der Waals surface area contributed by atoms with Gasteiger partial charge in [0.1, 0.15) is 0 Å². The van der Waals surface area contributed by atoms with Crippen molar-refractivity contribution >= 4 is 10.7 Å². The van der Waals surface area contributed by atoms with Crippen LogP contribution in [0.1, 0.15) is 11.1 Å². The fourth-order valence-corrected chi connectivity index (χ4v) is 1.53. The third-order valence-electron chi connectivity index (χ3n) is 1.78. The molecule has 1 rings (SSSR count). The highest BCUT2D eigenvalue weighted by molar-refractivity contribution is 7.72. The van der Waals surface area contributed by atoms with Crippen LogP contribution in [0.4, 0.5) is 26.3 Å². The van der Waals surface area contributed by atoms with E-state index in [-0.39, 0.29) is 18.2 Å². The van der Waals surface area contributed by atoms with Crippen LogP contribution in [0.5, 0.6) is 0 Å². The second kappa shape index (κ2) is 4.21. The standard InChI is InChI=1S/C8H4F6O2S/c9-7(10,11)4-1-5(8(12,13)14)3-6(2-4)17(15)16/h1-3,17H. The third kappa shape index (κ3) is 3.35. The number of hydrogen-bond acceptors (Lipinski definition) is 2. The summed E-state index contributed by atoms with van der Waals surface area (Å²) in [6, 6.07) is 0.171. The first-order valence-electron chi connectivity index (χ1n) is 3.95. The Hall–Kier alpha value is -1.25. The maximum atomic E-state index is 12.2. The largest absolute Gasteiger partial charge is 0.416 e. The van der Waals surface area contributed by atoms with Gasteiger partial charge in [0.2, 0.25) is 0 Å². The van der Waals surface area contributed by atoms with Gasteiger partial charge in [0.25, 0.3) is 0 Å². The van der Waals surface area contributed by atoms with Crippen molar-refractivity contribution in [2.24, 2.45) is 0 Å². The SMILES string of the molecule is O=[SH](=O)c1cc(C(F)(F)F)cc(C(F)(F)F)c1. The molecule has 0 aliphatic heterocycles. The average Bonchev–Trinajstić information content (AvgIpc) is 2.14. The lowest BCUT2D eigenvalue weighted by molar-refractivity contribution is -0.143. The number of rotatable bonds is 1. The van der Waals surface area contributed by atoms with Crippen LogP contribution in [0.3, 0.4) is 0 Å². The van der Waals surface area contributed by atoms with Gasteiger partial charge in [-0.15, -0.1) is 0 Å². The molecule has 0 atom stereocenters. The summed E-state index contributed by atoms with van der Waals surface area (Å²) in [7, 11) is -3.52. The summed E-state index contributed by atoms with van der Waals surface area (Å²) < 4.78 is 94.3. The molecule has 17 heavy (non-hydrogen) atoms. The van der Waals surface area contributed by atoms with Crippen LogP contribution in [0.2, 0.25) is 0 Å². The molecule has 0 saturated carbocycles. The second-order valence-electron chi connectivity index (χ2n) is 3.02. The van der Waals surface area contributed by atoms with Gasteiger partial charge >= 0.3 is 12.4 Å². The summed E-state index contributed by atoms with van der Waals surface area (Å²) in [5.74, 6) is 0. The number of thiol groups is 1. The zero-order chi connectivity index (χ0) is 13.4. The quantitative estimate of drug-likeness (QED) is 0.633. The molecule has 0 unspecified atom stereocenters. The molecule has 0 heterocycles. The van der Waals surface area contributed by atoms with Gasteiger partial charge in [0, 0.05) is 0 Å². The molecule has 1 aromatic rings. The Bertz CT molecular complexity index is 459. The van der Waals surface area contributed by atoms with Crippen molar-refractivity contribution in [3.63, 3.8) is 0 Å². The van der Waals surface area contributed by atoms with Crippen LogP contribution >= 0.6 is 0 Å². The van der Waals surface area contributed by atoms with Gasteiger partial charge < -0.3 is 0 Å². The number of alkyl halides is 6.